The van der Waals surface area contributed by atoms with E-state index in [0.29, 0.717) is 19.4 Å². The molecule has 1 heterocycles. The number of hydrogen-bond acceptors (Lipinski definition) is 2. The second-order valence-corrected chi connectivity index (χ2v) is 5.94. The highest BCUT2D eigenvalue weighted by molar-refractivity contribution is 5.97. The van der Waals surface area contributed by atoms with Crippen molar-refractivity contribution >= 4 is 29.4 Å². The molecule has 2 N–H and O–H groups in total. The lowest BCUT2D eigenvalue weighted by Gasteiger charge is -2.26. The molecule has 3 amide bonds. The van der Waals surface area contributed by atoms with Crippen molar-refractivity contribution in [3.63, 3.8) is 0 Å². The van der Waals surface area contributed by atoms with Crippen LogP contribution in [0.5, 0.6) is 0 Å². The van der Waals surface area contributed by atoms with Crippen LogP contribution in [0.2, 0.25) is 0 Å². The molecule has 0 saturated heterocycles. The van der Waals surface area contributed by atoms with Gasteiger partial charge in [-0.3, -0.25) is 4.79 Å². The summed E-state index contributed by atoms with van der Waals surface area (Å²) >= 11 is 0. The zero-order valence-corrected chi connectivity index (χ0v) is 14.2. The van der Waals surface area contributed by atoms with Gasteiger partial charge < -0.3 is 15.5 Å². The predicted molar refractivity (Wildman–Crippen MR) is 101 cm³/mol. The average Bonchev–Trinajstić information content (AvgIpc) is 2.63. The molecule has 128 valence electrons. The lowest BCUT2D eigenvalue weighted by molar-refractivity contribution is -0.118. The van der Waals surface area contributed by atoms with Crippen molar-refractivity contribution in [3.05, 3.63) is 65.7 Å². The molecule has 0 unspecified atom stereocenters. The van der Waals surface area contributed by atoms with E-state index in [1.807, 2.05) is 60.7 Å². The fourth-order valence-electron chi connectivity index (χ4n) is 2.82. The monoisotopic (exact) mass is 335 g/mol. The minimum Gasteiger partial charge on any atom is -0.334 e. The van der Waals surface area contributed by atoms with E-state index >= 15 is 0 Å². The Morgan fingerprint density at radius 3 is 2.76 bits per heavy atom. The average molecular weight is 335 g/mol. The molecule has 3 rings (SSSR count). The normalized spacial score (nSPS) is 13.6. The van der Waals surface area contributed by atoms with Crippen molar-refractivity contribution < 1.29 is 9.59 Å². The van der Waals surface area contributed by atoms with Gasteiger partial charge in [0.2, 0.25) is 5.91 Å². The van der Waals surface area contributed by atoms with E-state index in [0.717, 1.165) is 22.5 Å². The third-order valence-electron chi connectivity index (χ3n) is 4.17. The van der Waals surface area contributed by atoms with Crippen molar-refractivity contribution in [2.75, 3.05) is 23.8 Å². The quantitative estimate of drug-likeness (QED) is 0.899. The molecule has 25 heavy (non-hydrogen) atoms. The number of carbonyl (C=O) groups is 2. The Hall–Kier alpha value is -3.08. The van der Waals surface area contributed by atoms with Crippen molar-refractivity contribution in [2.45, 2.75) is 12.8 Å². The number of anilines is 2. The van der Waals surface area contributed by atoms with Gasteiger partial charge in [-0.25, -0.2) is 4.79 Å². The van der Waals surface area contributed by atoms with Gasteiger partial charge in [-0.05, 0) is 35.7 Å². The first-order chi connectivity index (χ1) is 12.1. The Bertz CT molecular complexity index is 800. The molecule has 0 radical (unpaired) electrons. The van der Waals surface area contributed by atoms with E-state index < -0.39 is 0 Å². The lowest BCUT2D eigenvalue weighted by atomic mass is 10.0. The van der Waals surface area contributed by atoms with E-state index in [-0.39, 0.29) is 11.9 Å². The molecule has 2 aromatic carbocycles. The maximum atomic E-state index is 12.0. The van der Waals surface area contributed by atoms with Crippen LogP contribution in [-0.2, 0) is 11.2 Å². The van der Waals surface area contributed by atoms with E-state index in [9.17, 15) is 9.59 Å². The predicted octanol–water partition coefficient (Wildman–Crippen LogP) is 3.43. The van der Waals surface area contributed by atoms with Gasteiger partial charge in [0.05, 0.1) is 0 Å². The minimum atomic E-state index is -0.252. The fourth-order valence-corrected chi connectivity index (χ4v) is 2.82. The van der Waals surface area contributed by atoms with Gasteiger partial charge in [0.1, 0.15) is 0 Å². The highest BCUT2D eigenvalue weighted by atomic mass is 16.2. The third-order valence-corrected chi connectivity index (χ3v) is 4.17. The molecule has 0 fully saturated rings. The zero-order chi connectivity index (χ0) is 17.6. The van der Waals surface area contributed by atoms with Gasteiger partial charge in [0.25, 0.3) is 0 Å². The van der Waals surface area contributed by atoms with Crippen LogP contribution in [0.1, 0.15) is 17.5 Å². The Labute approximate surface area is 147 Å². The Morgan fingerprint density at radius 1 is 1.16 bits per heavy atom. The number of fused-ring (bicyclic) bond motifs is 1. The van der Waals surface area contributed by atoms with E-state index in [4.69, 9.17) is 0 Å². The molecular weight excluding hydrogens is 314 g/mol. The van der Waals surface area contributed by atoms with Gasteiger partial charge in [-0.1, -0.05) is 42.5 Å². The van der Waals surface area contributed by atoms with Gasteiger partial charge in [0.15, 0.2) is 0 Å². The largest absolute Gasteiger partial charge is 0.334 e. The van der Waals surface area contributed by atoms with Gasteiger partial charge in [-0.2, -0.15) is 0 Å². The number of nitrogens with one attached hydrogen (secondary N) is 2. The summed E-state index contributed by atoms with van der Waals surface area (Å²) < 4.78 is 0. The number of amides is 3. The smallest absolute Gasteiger partial charge is 0.319 e. The van der Waals surface area contributed by atoms with Gasteiger partial charge in [-0.15, -0.1) is 0 Å². The second-order valence-electron chi connectivity index (χ2n) is 5.94. The summed E-state index contributed by atoms with van der Waals surface area (Å²) in [6.07, 6.45) is 5.08. The second kappa shape index (κ2) is 7.66. The van der Waals surface area contributed by atoms with Crippen molar-refractivity contribution in [1.82, 2.24) is 5.32 Å². The molecule has 0 aliphatic carbocycles. The van der Waals surface area contributed by atoms with Crippen LogP contribution in [0.4, 0.5) is 16.2 Å². The number of benzene rings is 2. The molecule has 1 aliphatic heterocycles. The van der Waals surface area contributed by atoms with Crippen LogP contribution in [0, 0.1) is 0 Å². The molecule has 0 aromatic heterocycles. The van der Waals surface area contributed by atoms with Crippen LogP contribution < -0.4 is 15.5 Å². The summed E-state index contributed by atoms with van der Waals surface area (Å²) in [5.74, 6) is 0.121. The van der Waals surface area contributed by atoms with Gasteiger partial charge in [0, 0.05) is 31.4 Å². The molecule has 0 spiro atoms. The first-order valence-electron chi connectivity index (χ1n) is 8.29. The SMILES string of the molecule is CN1C(=O)CCc2cc(NC(=O)NC/C=C/c3ccccc3)ccc21. The molecule has 2 aromatic rings. The summed E-state index contributed by atoms with van der Waals surface area (Å²) in [4.78, 5) is 25.4. The molecule has 0 bridgehead atoms. The third kappa shape index (κ3) is 4.26. The van der Waals surface area contributed by atoms with Crippen molar-refractivity contribution in [3.8, 4) is 0 Å². The maximum Gasteiger partial charge on any atom is 0.319 e. The summed E-state index contributed by atoms with van der Waals surface area (Å²) in [6.45, 7) is 0.447. The lowest BCUT2D eigenvalue weighted by Crippen LogP contribution is -2.31. The molecule has 0 atom stereocenters. The zero-order valence-electron chi connectivity index (χ0n) is 14.2. The molecule has 5 heteroatoms. The Morgan fingerprint density at radius 2 is 1.96 bits per heavy atom. The molecule has 1 aliphatic rings. The van der Waals surface area contributed by atoms with Crippen LogP contribution in [0.3, 0.4) is 0 Å². The van der Waals surface area contributed by atoms with E-state index in [2.05, 4.69) is 10.6 Å². The molecule has 5 nitrogen and oxygen atoms in total. The van der Waals surface area contributed by atoms with E-state index in [1.165, 1.54) is 0 Å². The number of urea groups is 1. The summed E-state index contributed by atoms with van der Waals surface area (Å²) in [6, 6.07) is 15.3. The van der Waals surface area contributed by atoms with Crippen LogP contribution >= 0.6 is 0 Å². The summed E-state index contributed by atoms with van der Waals surface area (Å²) in [7, 11) is 1.78. The molecular formula is C20H21N3O2. The Kier molecular flexibility index (Phi) is 5.14. The fraction of sp³-hybridized carbons (Fsp3) is 0.200. The highest BCUT2D eigenvalue weighted by Gasteiger charge is 2.20. The van der Waals surface area contributed by atoms with Crippen LogP contribution in [0.15, 0.2) is 54.6 Å². The van der Waals surface area contributed by atoms with Gasteiger partial charge >= 0.3 is 6.03 Å². The van der Waals surface area contributed by atoms with Crippen LogP contribution in [-0.4, -0.2) is 25.5 Å². The number of rotatable bonds is 4. The number of aryl methyl sites for hydroxylation is 1. The number of nitrogens with zero attached hydrogens (tertiary/aromatic N) is 1. The minimum absolute atomic E-state index is 0.121. The van der Waals surface area contributed by atoms with Crippen LogP contribution in [0.25, 0.3) is 6.08 Å². The highest BCUT2D eigenvalue weighted by Crippen LogP contribution is 2.29. The Balaban J connectivity index is 1.53. The number of carbonyl (C=O) groups excluding carboxylic acids is 2. The van der Waals surface area contributed by atoms with Crippen molar-refractivity contribution in [2.24, 2.45) is 0 Å². The first kappa shape index (κ1) is 16.8. The number of hydrogen-bond donors (Lipinski definition) is 2. The van der Waals surface area contributed by atoms with Crippen molar-refractivity contribution in [1.29, 1.82) is 0 Å². The summed E-state index contributed by atoms with van der Waals surface area (Å²) in [5.41, 5.74) is 3.81. The molecule has 0 saturated carbocycles. The maximum absolute atomic E-state index is 12.0. The first-order valence-corrected chi connectivity index (χ1v) is 8.29. The standard InChI is InChI=1S/C20H21N3O2/c1-23-18-11-10-17(14-16(18)9-12-19(23)24)22-20(25)21-13-5-8-15-6-3-2-4-7-15/h2-8,10-11,14H,9,12-13H2,1H3,(H2,21,22,25)/b8-5+. The summed E-state index contributed by atoms with van der Waals surface area (Å²) in [5, 5.41) is 5.63. The topological polar surface area (TPSA) is 61.4 Å². The van der Waals surface area contributed by atoms with E-state index in [1.54, 1.807) is 11.9 Å².